The quantitative estimate of drug-likeness (QED) is 0.703. The fraction of sp³-hybridized carbons (Fsp3) is 0.600. The fourth-order valence-corrected chi connectivity index (χ4v) is 1.00. The Morgan fingerprint density at radius 1 is 1.33 bits per heavy atom. The Bertz CT molecular complexity index is 404. The number of aryl methyl sites for hydroxylation is 1. The number of hydrogen-bond donors (Lipinski definition) is 0. The predicted octanol–water partition coefficient (Wildman–Crippen LogP) is 1.88. The van der Waals surface area contributed by atoms with Crippen LogP contribution in [-0.2, 0) is 4.79 Å². The van der Waals surface area contributed by atoms with Crippen LogP contribution in [0.3, 0.4) is 0 Å². The van der Waals surface area contributed by atoms with Crippen LogP contribution in [0, 0.1) is 12.3 Å². The molecule has 0 radical (unpaired) electrons. The van der Waals surface area contributed by atoms with Crippen LogP contribution in [0.25, 0.3) is 0 Å². The summed E-state index contributed by atoms with van der Waals surface area (Å²) in [6.07, 6.45) is 0.237. The summed E-state index contributed by atoms with van der Waals surface area (Å²) in [7, 11) is 0. The van der Waals surface area contributed by atoms with Crippen LogP contribution in [-0.4, -0.2) is 5.97 Å². The van der Waals surface area contributed by atoms with Crippen molar-refractivity contribution < 1.29 is 18.4 Å². The third-order valence-electron chi connectivity index (χ3n) is 1.58. The van der Waals surface area contributed by atoms with E-state index >= 15 is 0 Å². The highest BCUT2D eigenvalue weighted by Gasteiger charge is 2.20. The van der Waals surface area contributed by atoms with Gasteiger partial charge in [-0.2, -0.15) is 0 Å². The molecule has 84 valence electrons. The van der Waals surface area contributed by atoms with Gasteiger partial charge in [-0.15, -0.1) is 0 Å². The molecule has 0 unspecified atom stereocenters. The van der Waals surface area contributed by atoms with E-state index in [-0.39, 0.29) is 23.5 Å². The maximum atomic E-state index is 11.4. The van der Waals surface area contributed by atoms with Crippen molar-refractivity contribution >= 4 is 5.97 Å². The van der Waals surface area contributed by atoms with Crippen molar-refractivity contribution in [3.05, 3.63) is 16.4 Å². The highest BCUT2D eigenvalue weighted by molar-refractivity contribution is 5.72. The van der Waals surface area contributed by atoms with Gasteiger partial charge in [-0.1, -0.05) is 20.8 Å². The first-order valence-corrected chi connectivity index (χ1v) is 4.59. The average molecular weight is 214 g/mol. The van der Waals surface area contributed by atoms with Gasteiger partial charge >= 0.3 is 17.7 Å². The van der Waals surface area contributed by atoms with Gasteiger partial charge in [0.1, 0.15) is 0 Å². The van der Waals surface area contributed by atoms with Crippen LogP contribution in [0.2, 0.25) is 0 Å². The SMILES string of the molecule is Cc1oc(=O)oc1OC(=O)CC(C)(C)C. The van der Waals surface area contributed by atoms with E-state index in [1.165, 1.54) is 6.92 Å². The van der Waals surface area contributed by atoms with Crippen molar-refractivity contribution in [1.29, 1.82) is 0 Å². The van der Waals surface area contributed by atoms with E-state index in [1.54, 1.807) is 0 Å². The zero-order valence-corrected chi connectivity index (χ0v) is 9.25. The molecule has 1 aromatic rings. The molecule has 5 nitrogen and oxygen atoms in total. The summed E-state index contributed by atoms with van der Waals surface area (Å²) in [4.78, 5) is 22.0. The lowest BCUT2D eigenvalue weighted by Gasteiger charge is -2.15. The van der Waals surface area contributed by atoms with Crippen LogP contribution >= 0.6 is 0 Å². The topological polar surface area (TPSA) is 69.7 Å². The number of carbonyl (C=O) groups is 1. The Labute approximate surface area is 87.0 Å². The van der Waals surface area contributed by atoms with Gasteiger partial charge in [-0.05, 0) is 5.41 Å². The molecule has 0 aliphatic rings. The minimum Gasteiger partial charge on any atom is -0.392 e. The van der Waals surface area contributed by atoms with Crippen molar-refractivity contribution in [2.75, 3.05) is 0 Å². The first kappa shape index (κ1) is 11.6. The van der Waals surface area contributed by atoms with Gasteiger partial charge in [0, 0.05) is 6.92 Å². The third-order valence-corrected chi connectivity index (χ3v) is 1.58. The van der Waals surface area contributed by atoms with Gasteiger partial charge in [0.15, 0.2) is 5.76 Å². The Balaban J connectivity index is 2.67. The summed E-state index contributed by atoms with van der Waals surface area (Å²) in [6.45, 7) is 7.22. The molecule has 1 rings (SSSR count). The molecule has 1 heterocycles. The monoisotopic (exact) mass is 214 g/mol. The second-order valence-electron chi connectivity index (χ2n) is 4.51. The minimum atomic E-state index is -0.869. The van der Waals surface area contributed by atoms with Crippen LogP contribution < -0.4 is 10.6 Å². The molecule has 0 aromatic carbocycles. The van der Waals surface area contributed by atoms with Gasteiger partial charge in [0.25, 0.3) is 0 Å². The summed E-state index contributed by atoms with van der Waals surface area (Å²) in [5.41, 5.74) is -0.172. The Morgan fingerprint density at radius 2 is 1.93 bits per heavy atom. The molecule has 1 aromatic heterocycles. The van der Waals surface area contributed by atoms with Gasteiger partial charge in [-0.3, -0.25) is 4.79 Å². The fourth-order valence-electron chi connectivity index (χ4n) is 1.00. The zero-order valence-electron chi connectivity index (χ0n) is 9.25. The molecular weight excluding hydrogens is 200 g/mol. The highest BCUT2D eigenvalue weighted by Crippen LogP contribution is 2.21. The molecule has 0 atom stereocenters. The number of rotatable bonds is 2. The van der Waals surface area contributed by atoms with Crippen molar-refractivity contribution in [2.45, 2.75) is 34.1 Å². The molecular formula is C10H14O5. The molecule has 0 saturated heterocycles. The largest absolute Gasteiger partial charge is 0.521 e. The smallest absolute Gasteiger partial charge is 0.392 e. The van der Waals surface area contributed by atoms with E-state index in [4.69, 9.17) is 4.74 Å². The van der Waals surface area contributed by atoms with E-state index < -0.39 is 11.8 Å². The summed E-state index contributed by atoms with van der Waals surface area (Å²) >= 11 is 0. The second-order valence-corrected chi connectivity index (χ2v) is 4.51. The lowest BCUT2D eigenvalue weighted by Crippen LogP contribution is -2.17. The highest BCUT2D eigenvalue weighted by atomic mass is 16.7. The molecule has 0 bridgehead atoms. The number of ether oxygens (including phenoxy) is 1. The molecule has 0 spiro atoms. The van der Waals surface area contributed by atoms with Crippen LogP contribution in [0.4, 0.5) is 0 Å². The Kier molecular flexibility index (Phi) is 3.02. The lowest BCUT2D eigenvalue weighted by atomic mass is 9.93. The molecule has 0 fully saturated rings. The van der Waals surface area contributed by atoms with E-state index in [1.807, 2.05) is 20.8 Å². The summed E-state index contributed by atoms with van der Waals surface area (Å²) in [5, 5.41) is 0. The van der Waals surface area contributed by atoms with Crippen LogP contribution in [0.15, 0.2) is 13.6 Å². The van der Waals surface area contributed by atoms with Crippen molar-refractivity contribution in [3.63, 3.8) is 0 Å². The maximum absolute atomic E-state index is 11.4. The van der Waals surface area contributed by atoms with Crippen molar-refractivity contribution in [1.82, 2.24) is 0 Å². The van der Waals surface area contributed by atoms with Crippen molar-refractivity contribution in [2.24, 2.45) is 5.41 Å². The number of hydrogen-bond acceptors (Lipinski definition) is 5. The summed E-state index contributed by atoms with van der Waals surface area (Å²) < 4.78 is 13.9. The average Bonchev–Trinajstić information content (AvgIpc) is 2.25. The second kappa shape index (κ2) is 3.92. The maximum Gasteiger partial charge on any atom is 0.521 e. The molecule has 0 amide bonds. The Morgan fingerprint density at radius 3 is 2.33 bits per heavy atom. The summed E-state index contributed by atoms with van der Waals surface area (Å²) in [6, 6.07) is 0. The molecule has 0 aliphatic carbocycles. The predicted molar refractivity (Wildman–Crippen MR) is 51.7 cm³/mol. The molecule has 0 saturated carbocycles. The van der Waals surface area contributed by atoms with E-state index in [9.17, 15) is 9.59 Å². The van der Waals surface area contributed by atoms with Gasteiger partial charge < -0.3 is 13.6 Å². The van der Waals surface area contributed by atoms with Gasteiger partial charge in [0.05, 0.1) is 6.42 Å². The normalized spacial score (nSPS) is 11.5. The zero-order chi connectivity index (χ0) is 11.6. The van der Waals surface area contributed by atoms with Crippen LogP contribution in [0.5, 0.6) is 5.95 Å². The first-order valence-electron chi connectivity index (χ1n) is 4.59. The van der Waals surface area contributed by atoms with Crippen LogP contribution in [0.1, 0.15) is 33.0 Å². The van der Waals surface area contributed by atoms with Gasteiger partial charge in [0.2, 0.25) is 0 Å². The molecule has 5 heteroatoms. The standard InChI is InChI=1S/C10H14O5/c1-6-8(15-9(12)13-6)14-7(11)5-10(2,3)4/h5H2,1-4H3. The summed E-state index contributed by atoms with van der Waals surface area (Å²) in [5.74, 6) is -1.31. The first-order chi connectivity index (χ1) is 6.78. The van der Waals surface area contributed by atoms with E-state index in [0.29, 0.717) is 0 Å². The number of esters is 1. The lowest BCUT2D eigenvalue weighted by molar-refractivity contribution is -0.137. The van der Waals surface area contributed by atoms with Gasteiger partial charge in [-0.25, -0.2) is 4.79 Å². The van der Waals surface area contributed by atoms with E-state index in [0.717, 1.165) is 0 Å². The number of carbonyl (C=O) groups excluding carboxylic acids is 1. The Hall–Kier alpha value is -1.52. The molecule has 0 N–H and O–H groups in total. The molecule has 0 aliphatic heterocycles. The third kappa shape index (κ3) is 3.61. The minimum absolute atomic E-state index is 0.158. The van der Waals surface area contributed by atoms with Crippen molar-refractivity contribution in [3.8, 4) is 5.95 Å². The molecule has 15 heavy (non-hydrogen) atoms. The van der Waals surface area contributed by atoms with E-state index in [2.05, 4.69) is 8.83 Å².